The van der Waals surface area contributed by atoms with Gasteiger partial charge in [-0.3, -0.25) is 4.79 Å². The number of hydrogen-bond donors (Lipinski definition) is 4. The number of hydrogen-bond acceptors (Lipinski definition) is 4. The third-order valence-electron chi connectivity index (χ3n) is 14.9. The van der Waals surface area contributed by atoms with E-state index in [1.807, 2.05) is 6.08 Å². The number of amides is 1. The molecule has 0 heterocycles. The van der Waals surface area contributed by atoms with Crippen LogP contribution in [0, 0.1) is 0 Å². The van der Waals surface area contributed by atoms with Crippen LogP contribution in [-0.4, -0.2) is 46.1 Å². The minimum Gasteiger partial charge on any atom is -0.394 e. The zero-order valence-electron chi connectivity index (χ0n) is 47.9. The van der Waals surface area contributed by atoms with Crippen LogP contribution in [0.1, 0.15) is 341 Å². The number of rotatable bonds is 59. The van der Waals surface area contributed by atoms with Crippen LogP contribution in [0.4, 0.5) is 0 Å². The SMILES string of the molecule is CCCCCCCCCCCCCC/C=C\CCCCCCCCCCCCCCCCCCC(O)C(=O)NC(CO)C(O)/C=C/CC/C=C/CC/C=C/CCCCCCCCCCCCCCCCC. The minimum absolute atomic E-state index is 0.380. The van der Waals surface area contributed by atoms with Gasteiger partial charge in [-0.1, -0.05) is 319 Å². The summed E-state index contributed by atoms with van der Waals surface area (Å²) in [6.45, 7) is 4.21. The molecule has 0 aliphatic heterocycles. The van der Waals surface area contributed by atoms with Crippen LogP contribution < -0.4 is 5.32 Å². The third kappa shape index (κ3) is 55.9. The molecule has 4 N–H and O–H groups in total. The molecular weight excluding hydrogens is 871 g/mol. The number of carbonyl (C=O) groups is 1. The van der Waals surface area contributed by atoms with Gasteiger partial charge in [-0.2, -0.15) is 0 Å². The second-order valence-electron chi connectivity index (χ2n) is 22.0. The van der Waals surface area contributed by atoms with Crippen LogP contribution in [0.2, 0.25) is 0 Å². The van der Waals surface area contributed by atoms with Crippen molar-refractivity contribution in [3.63, 3.8) is 0 Å². The molecule has 5 nitrogen and oxygen atoms in total. The Hall–Kier alpha value is -1.69. The normalized spacial score (nSPS) is 13.5. The maximum atomic E-state index is 12.6. The van der Waals surface area contributed by atoms with Crippen molar-refractivity contribution < 1.29 is 20.1 Å². The van der Waals surface area contributed by atoms with Gasteiger partial charge in [0, 0.05) is 0 Å². The molecule has 0 saturated heterocycles. The molecule has 0 radical (unpaired) electrons. The second kappa shape index (κ2) is 60.9. The van der Waals surface area contributed by atoms with E-state index in [1.54, 1.807) is 6.08 Å². The van der Waals surface area contributed by atoms with Gasteiger partial charge in [0.2, 0.25) is 5.91 Å². The molecule has 3 atom stereocenters. The second-order valence-corrected chi connectivity index (χ2v) is 22.0. The first kappa shape index (κ1) is 69.3. The van der Waals surface area contributed by atoms with Crippen molar-refractivity contribution in [2.45, 2.75) is 360 Å². The van der Waals surface area contributed by atoms with Crippen molar-refractivity contribution in [2.24, 2.45) is 0 Å². The summed E-state index contributed by atoms with van der Waals surface area (Å²) in [7, 11) is 0. The molecule has 1 amide bonds. The first-order valence-electron chi connectivity index (χ1n) is 32.0. The van der Waals surface area contributed by atoms with E-state index in [1.165, 1.54) is 276 Å². The van der Waals surface area contributed by atoms with Crippen LogP contribution in [0.25, 0.3) is 0 Å². The number of aliphatic hydroxyl groups excluding tert-OH is 3. The maximum Gasteiger partial charge on any atom is 0.249 e. The summed E-state index contributed by atoms with van der Waals surface area (Å²) >= 11 is 0. The summed E-state index contributed by atoms with van der Waals surface area (Å²) in [4.78, 5) is 12.6. The smallest absolute Gasteiger partial charge is 0.249 e. The monoisotopic (exact) mass is 996 g/mol. The quantitative estimate of drug-likeness (QED) is 0.0361. The van der Waals surface area contributed by atoms with E-state index in [4.69, 9.17) is 0 Å². The van der Waals surface area contributed by atoms with E-state index in [9.17, 15) is 20.1 Å². The molecule has 0 aliphatic carbocycles. The zero-order chi connectivity index (χ0) is 51.4. The van der Waals surface area contributed by atoms with E-state index in [-0.39, 0.29) is 6.61 Å². The standard InChI is InChI=1S/C66H125NO4/c1-3-5-7-9-11-13-15-17-19-21-23-25-27-29-30-31-32-33-34-35-37-39-41-43-45-47-49-51-53-55-57-59-61-65(70)66(71)67-63(62-68)64(69)60-58-56-54-52-50-48-46-44-42-40-38-36-28-26-24-22-20-18-16-14-12-10-8-6-4-2/h29-30,42,44,50,52,58,60,63-65,68-70H,3-28,31-41,43,45-49,51,53-57,59,61-62H2,1-2H3,(H,67,71)/b30-29-,44-42+,52-50+,60-58+. The average molecular weight is 997 g/mol. The fourth-order valence-electron chi connectivity index (χ4n) is 9.92. The Morgan fingerprint density at radius 1 is 0.338 bits per heavy atom. The predicted molar refractivity (Wildman–Crippen MR) is 314 cm³/mol. The molecule has 71 heavy (non-hydrogen) atoms. The van der Waals surface area contributed by atoms with Crippen molar-refractivity contribution >= 4 is 5.91 Å². The lowest BCUT2D eigenvalue weighted by molar-refractivity contribution is -0.131. The molecular formula is C66H125NO4. The van der Waals surface area contributed by atoms with Crippen molar-refractivity contribution in [1.82, 2.24) is 5.32 Å². The summed E-state index contributed by atoms with van der Waals surface area (Å²) in [6.07, 6.45) is 82.3. The highest BCUT2D eigenvalue weighted by Crippen LogP contribution is 2.18. The molecule has 0 fully saturated rings. The molecule has 0 aromatic heterocycles. The van der Waals surface area contributed by atoms with E-state index in [0.717, 1.165) is 44.9 Å². The third-order valence-corrected chi connectivity index (χ3v) is 14.9. The number of carbonyl (C=O) groups excluding carboxylic acids is 1. The minimum atomic E-state index is -1.11. The van der Waals surface area contributed by atoms with Gasteiger partial charge >= 0.3 is 0 Å². The zero-order valence-corrected chi connectivity index (χ0v) is 47.9. The van der Waals surface area contributed by atoms with Gasteiger partial charge in [0.25, 0.3) is 0 Å². The van der Waals surface area contributed by atoms with Crippen LogP contribution in [0.15, 0.2) is 48.6 Å². The summed E-state index contributed by atoms with van der Waals surface area (Å²) in [5.74, 6) is -0.512. The van der Waals surface area contributed by atoms with Crippen molar-refractivity contribution in [3.8, 4) is 0 Å². The van der Waals surface area contributed by atoms with E-state index >= 15 is 0 Å². The number of aliphatic hydroxyl groups is 3. The highest BCUT2D eigenvalue weighted by atomic mass is 16.3. The van der Waals surface area contributed by atoms with Crippen molar-refractivity contribution in [3.05, 3.63) is 48.6 Å². The molecule has 5 heteroatoms. The lowest BCUT2D eigenvalue weighted by Crippen LogP contribution is -2.48. The summed E-state index contributed by atoms with van der Waals surface area (Å²) < 4.78 is 0. The molecule has 418 valence electrons. The Morgan fingerprint density at radius 3 is 0.859 bits per heavy atom. The molecule has 0 aromatic carbocycles. The van der Waals surface area contributed by atoms with Gasteiger partial charge < -0.3 is 20.6 Å². The number of allylic oxidation sites excluding steroid dienone is 7. The average Bonchev–Trinajstić information content (AvgIpc) is 3.38. The first-order chi connectivity index (χ1) is 35.1. The Labute approximate surface area is 444 Å². The highest BCUT2D eigenvalue weighted by molar-refractivity contribution is 5.80. The Kier molecular flexibility index (Phi) is 59.4. The molecule has 0 aliphatic rings. The van der Waals surface area contributed by atoms with Crippen molar-refractivity contribution in [1.29, 1.82) is 0 Å². The van der Waals surface area contributed by atoms with Crippen LogP contribution in [-0.2, 0) is 4.79 Å². The summed E-state index contributed by atoms with van der Waals surface area (Å²) in [5, 5.41) is 33.4. The molecule has 0 rings (SSSR count). The lowest BCUT2D eigenvalue weighted by Gasteiger charge is -2.21. The topological polar surface area (TPSA) is 89.8 Å². The predicted octanol–water partition coefficient (Wildman–Crippen LogP) is 20.3. The Bertz CT molecular complexity index is 1150. The van der Waals surface area contributed by atoms with Crippen LogP contribution in [0.5, 0.6) is 0 Å². The van der Waals surface area contributed by atoms with E-state index in [2.05, 4.69) is 55.6 Å². The first-order valence-corrected chi connectivity index (χ1v) is 32.0. The van der Waals surface area contributed by atoms with Gasteiger partial charge in [-0.15, -0.1) is 0 Å². The van der Waals surface area contributed by atoms with E-state index in [0.29, 0.717) is 6.42 Å². The lowest BCUT2D eigenvalue weighted by atomic mass is 10.0. The summed E-state index contributed by atoms with van der Waals surface area (Å²) in [5.41, 5.74) is 0. The summed E-state index contributed by atoms with van der Waals surface area (Å²) in [6, 6.07) is -0.823. The van der Waals surface area contributed by atoms with Gasteiger partial charge in [0.05, 0.1) is 18.8 Å². The molecule has 3 unspecified atom stereocenters. The fraction of sp³-hybridized carbons (Fsp3) is 0.864. The van der Waals surface area contributed by atoms with Gasteiger partial charge in [-0.05, 0) is 70.6 Å². The molecule has 0 saturated carbocycles. The Morgan fingerprint density at radius 2 is 0.577 bits per heavy atom. The fourth-order valence-corrected chi connectivity index (χ4v) is 9.92. The van der Waals surface area contributed by atoms with Gasteiger partial charge in [-0.25, -0.2) is 0 Å². The largest absolute Gasteiger partial charge is 0.394 e. The Balaban J connectivity index is 3.57. The van der Waals surface area contributed by atoms with Crippen LogP contribution in [0.3, 0.4) is 0 Å². The number of unbranched alkanes of at least 4 members (excludes halogenated alkanes) is 45. The molecule has 0 aromatic rings. The molecule has 0 bridgehead atoms. The molecule has 0 spiro atoms. The van der Waals surface area contributed by atoms with Gasteiger partial charge in [0.15, 0.2) is 0 Å². The van der Waals surface area contributed by atoms with E-state index < -0.39 is 24.2 Å². The van der Waals surface area contributed by atoms with Gasteiger partial charge in [0.1, 0.15) is 6.10 Å². The maximum absolute atomic E-state index is 12.6. The number of nitrogens with one attached hydrogen (secondary N) is 1. The van der Waals surface area contributed by atoms with Crippen LogP contribution >= 0.6 is 0 Å². The highest BCUT2D eigenvalue weighted by Gasteiger charge is 2.22. The van der Waals surface area contributed by atoms with Crippen molar-refractivity contribution in [2.75, 3.05) is 6.61 Å².